The third kappa shape index (κ3) is 5.97. The molecule has 0 unspecified atom stereocenters. The largest absolute Gasteiger partial charge is 2.00 e. The molecule has 0 N–H and O–H groups in total. The van der Waals surface area contributed by atoms with Gasteiger partial charge in [-0.2, -0.15) is 25.1 Å². The van der Waals surface area contributed by atoms with Gasteiger partial charge in [0.05, 0.1) is 0 Å². The van der Waals surface area contributed by atoms with Crippen LogP contribution in [0.4, 0.5) is 0 Å². The first kappa shape index (κ1) is 10.9. The summed E-state index contributed by atoms with van der Waals surface area (Å²) in [5.41, 5.74) is 0. The van der Waals surface area contributed by atoms with Gasteiger partial charge >= 0.3 is 19.5 Å². The van der Waals surface area contributed by atoms with Crippen LogP contribution in [0.5, 0.6) is 0 Å². The Morgan fingerprint density at radius 3 is 1.62 bits per heavy atom. The van der Waals surface area contributed by atoms with Crippen molar-refractivity contribution in [1.82, 2.24) is 0 Å². The summed E-state index contributed by atoms with van der Waals surface area (Å²) < 4.78 is 0. The zero-order chi connectivity index (χ0) is 5.54. The molecule has 0 atom stereocenters. The molecule has 1 radical (unpaired) electrons. The minimum Gasteiger partial charge on any atom is -0.346 e. The van der Waals surface area contributed by atoms with Crippen LogP contribution in [0, 0.1) is 6.92 Å². The van der Waals surface area contributed by atoms with Gasteiger partial charge in [0.1, 0.15) is 0 Å². The van der Waals surface area contributed by atoms with E-state index in [4.69, 9.17) is 0 Å². The number of hydrogen-bond acceptors (Lipinski definition) is 0. The maximum Gasteiger partial charge on any atom is 2.00 e. The molecule has 0 fully saturated rings. The topological polar surface area (TPSA) is 0 Å². The summed E-state index contributed by atoms with van der Waals surface area (Å²) in [6, 6.07) is 10.0. The number of rotatable bonds is 0. The fourth-order valence-electron chi connectivity index (χ4n) is 0.321. The normalized spacial score (nSPS) is 5.75. The van der Waals surface area contributed by atoms with Crippen LogP contribution in [0.3, 0.4) is 0 Å². The zero-order valence-corrected chi connectivity index (χ0v) is 6.57. The summed E-state index contributed by atoms with van der Waals surface area (Å²) in [5.74, 6) is 0. The van der Waals surface area contributed by atoms with Gasteiger partial charge in [-0.05, 0) is 0 Å². The van der Waals surface area contributed by atoms with E-state index >= 15 is 0 Å². The molecular weight excluding hydrogens is 187 g/mol. The average molecular weight is 197 g/mol. The third-order valence-corrected chi connectivity index (χ3v) is 0.556. The molecular formula is C7H10Rh. The van der Waals surface area contributed by atoms with Crippen molar-refractivity contribution in [2.75, 3.05) is 0 Å². The van der Waals surface area contributed by atoms with Crippen molar-refractivity contribution in [2.45, 2.75) is 6.92 Å². The van der Waals surface area contributed by atoms with Gasteiger partial charge in [-0.25, -0.2) is 12.1 Å². The van der Waals surface area contributed by atoms with Crippen molar-refractivity contribution in [3.05, 3.63) is 37.3 Å². The summed E-state index contributed by atoms with van der Waals surface area (Å²) in [7, 11) is 0. The SMILES string of the molecule is [CH2-]C.[Rh+2].c1cc[cH-]c1. The first-order valence-corrected chi connectivity index (χ1v) is 2.37. The Morgan fingerprint density at radius 1 is 1.12 bits per heavy atom. The van der Waals surface area contributed by atoms with Crippen molar-refractivity contribution in [1.29, 1.82) is 0 Å². The zero-order valence-electron chi connectivity index (χ0n) is 4.93. The molecule has 1 rings (SSSR count). The second-order valence-corrected chi connectivity index (χ2v) is 0.962. The van der Waals surface area contributed by atoms with Crippen LogP contribution in [-0.2, 0) is 19.5 Å². The summed E-state index contributed by atoms with van der Waals surface area (Å²) in [5, 5.41) is 0. The second kappa shape index (κ2) is 10.1. The molecule has 1 aromatic carbocycles. The fraction of sp³-hybridized carbons (Fsp3) is 0.143. The Labute approximate surface area is 64.0 Å². The molecule has 1 heteroatoms. The van der Waals surface area contributed by atoms with E-state index in [9.17, 15) is 0 Å². The second-order valence-electron chi connectivity index (χ2n) is 0.962. The van der Waals surface area contributed by atoms with Crippen LogP contribution < -0.4 is 0 Å². The average Bonchev–Trinajstić information content (AvgIpc) is 2.23. The Bertz CT molecular complexity index is 60.9. The van der Waals surface area contributed by atoms with Crippen LogP contribution in [0.2, 0.25) is 0 Å². The summed E-state index contributed by atoms with van der Waals surface area (Å²) in [6.45, 7) is 5.00. The molecule has 0 nitrogen and oxygen atoms in total. The van der Waals surface area contributed by atoms with E-state index in [-0.39, 0.29) is 19.5 Å². The third-order valence-electron chi connectivity index (χ3n) is 0.556. The summed E-state index contributed by atoms with van der Waals surface area (Å²) >= 11 is 0. The van der Waals surface area contributed by atoms with E-state index in [1.54, 1.807) is 6.92 Å². The minimum atomic E-state index is 0. The molecule has 0 aliphatic heterocycles. The Hall–Kier alpha value is -0.0266. The molecule has 0 heterocycles. The van der Waals surface area contributed by atoms with E-state index in [1.165, 1.54) is 0 Å². The Kier molecular flexibility index (Phi) is 13.7. The van der Waals surface area contributed by atoms with Crippen molar-refractivity contribution >= 4 is 0 Å². The molecule has 0 amide bonds. The minimum absolute atomic E-state index is 0. The smallest absolute Gasteiger partial charge is 0.346 e. The van der Waals surface area contributed by atoms with Crippen LogP contribution in [0.15, 0.2) is 30.3 Å². The maximum atomic E-state index is 3.25. The van der Waals surface area contributed by atoms with Gasteiger partial charge < -0.3 is 6.92 Å². The van der Waals surface area contributed by atoms with Gasteiger partial charge in [0, 0.05) is 0 Å². The molecule has 0 saturated heterocycles. The van der Waals surface area contributed by atoms with Crippen molar-refractivity contribution in [2.24, 2.45) is 0 Å². The maximum absolute atomic E-state index is 3.25. The molecule has 0 bridgehead atoms. The van der Waals surface area contributed by atoms with Crippen molar-refractivity contribution in [3.63, 3.8) is 0 Å². The van der Waals surface area contributed by atoms with Gasteiger partial charge in [-0.15, -0.1) is 0 Å². The van der Waals surface area contributed by atoms with Crippen molar-refractivity contribution in [3.8, 4) is 0 Å². The Morgan fingerprint density at radius 2 is 1.50 bits per heavy atom. The quantitative estimate of drug-likeness (QED) is 0.442. The van der Waals surface area contributed by atoms with E-state index in [2.05, 4.69) is 6.92 Å². The first-order chi connectivity index (χ1) is 3.50. The van der Waals surface area contributed by atoms with Gasteiger partial charge in [-0.1, -0.05) is 0 Å². The molecule has 0 spiro atoms. The van der Waals surface area contributed by atoms with Gasteiger partial charge in [0.2, 0.25) is 0 Å². The summed E-state index contributed by atoms with van der Waals surface area (Å²) in [6.07, 6.45) is 0. The first-order valence-electron chi connectivity index (χ1n) is 2.37. The van der Waals surface area contributed by atoms with E-state index in [1.807, 2.05) is 30.3 Å². The van der Waals surface area contributed by atoms with Crippen molar-refractivity contribution < 1.29 is 19.5 Å². The van der Waals surface area contributed by atoms with Crippen LogP contribution in [-0.4, -0.2) is 0 Å². The van der Waals surface area contributed by atoms with Crippen LogP contribution in [0.25, 0.3) is 0 Å². The van der Waals surface area contributed by atoms with Gasteiger partial charge in [-0.3, -0.25) is 0 Å². The monoisotopic (exact) mass is 197 g/mol. The molecule has 0 aliphatic carbocycles. The molecule has 0 saturated carbocycles. The van der Waals surface area contributed by atoms with Gasteiger partial charge in [0.25, 0.3) is 0 Å². The van der Waals surface area contributed by atoms with Gasteiger partial charge in [0.15, 0.2) is 0 Å². The molecule has 8 heavy (non-hydrogen) atoms. The molecule has 0 aliphatic rings. The number of hydrogen-bond donors (Lipinski definition) is 0. The molecule has 0 aromatic heterocycles. The fourth-order valence-corrected chi connectivity index (χ4v) is 0.321. The predicted octanol–water partition coefficient (Wildman–Crippen LogP) is 2.24. The molecule has 47 valence electrons. The Balaban J connectivity index is 0. The van der Waals surface area contributed by atoms with E-state index < -0.39 is 0 Å². The van der Waals surface area contributed by atoms with E-state index in [0.717, 1.165) is 0 Å². The van der Waals surface area contributed by atoms with Crippen LogP contribution >= 0.6 is 0 Å². The molecule has 1 aromatic rings. The predicted molar refractivity (Wildman–Crippen MR) is 33.1 cm³/mol. The standard InChI is InChI=1S/C5H5.C2H5.Rh/c1-2-4-5-3-1;1-2;/h1-5H;1H2,2H3;/q2*-1;+2. The van der Waals surface area contributed by atoms with E-state index in [0.29, 0.717) is 0 Å². The van der Waals surface area contributed by atoms with Crippen LogP contribution in [0.1, 0.15) is 6.92 Å². The summed E-state index contributed by atoms with van der Waals surface area (Å²) in [4.78, 5) is 0.